The summed E-state index contributed by atoms with van der Waals surface area (Å²) in [5, 5.41) is 0. The van der Waals surface area contributed by atoms with Gasteiger partial charge in [0, 0.05) is 5.56 Å². The molecule has 0 saturated heterocycles. The van der Waals surface area contributed by atoms with Crippen LogP contribution in [0.2, 0.25) is 0 Å². The molecular formula is C13H20O. The molecular weight excluding hydrogens is 172 g/mol. The second-order valence-corrected chi connectivity index (χ2v) is 2.63. The van der Waals surface area contributed by atoms with Gasteiger partial charge in [-0.3, -0.25) is 0 Å². The Morgan fingerprint density at radius 3 is 2.43 bits per heavy atom. The third-order valence-corrected chi connectivity index (χ3v) is 1.92. The average molecular weight is 192 g/mol. The van der Waals surface area contributed by atoms with E-state index in [4.69, 9.17) is 4.74 Å². The van der Waals surface area contributed by atoms with Gasteiger partial charge in [0.15, 0.2) is 0 Å². The van der Waals surface area contributed by atoms with Crippen molar-refractivity contribution in [3.63, 3.8) is 0 Å². The molecule has 0 radical (unpaired) electrons. The van der Waals surface area contributed by atoms with E-state index in [1.54, 1.807) is 7.11 Å². The molecule has 0 heterocycles. The molecule has 0 unspecified atom stereocenters. The average Bonchev–Trinajstić information content (AvgIpc) is 2.30. The van der Waals surface area contributed by atoms with Gasteiger partial charge in [-0.2, -0.15) is 0 Å². The standard InChI is InChI=1S/C11H14O.C2H6/c1-4-9-6-7-11(12-3)10(5-2)8-9;1-2/h5-8H,2,4H2,1,3H3;1-2H3. The van der Waals surface area contributed by atoms with Crippen molar-refractivity contribution < 1.29 is 4.74 Å². The summed E-state index contributed by atoms with van der Waals surface area (Å²) in [4.78, 5) is 0. The molecule has 0 N–H and O–H groups in total. The van der Waals surface area contributed by atoms with Crippen LogP contribution < -0.4 is 4.74 Å². The maximum absolute atomic E-state index is 5.16. The van der Waals surface area contributed by atoms with Gasteiger partial charge in [-0.25, -0.2) is 0 Å². The van der Waals surface area contributed by atoms with Gasteiger partial charge in [-0.1, -0.05) is 39.5 Å². The summed E-state index contributed by atoms with van der Waals surface area (Å²) in [7, 11) is 1.67. The molecule has 1 aromatic rings. The Morgan fingerprint density at radius 2 is 2.00 bits per heavy atom. The van der Waals surface area contributed by atoms with E-state index >= 15 is 0 Å². The van der Waals surface area contributed by atoms with Crippen molar-refractivity contribution in [2.24, 2.45) is 0 Å². The molecule has 0 amide bonds. The molecule has 0 fully saturated rings. The fraction of sp³-hybridized carbons (Fsp3) is 0.385. The van der Waals surface area contributed by atoms with Gasteiger partial charge in [0.2, 0.25) is 0 Å². The molecule has 0 spiro atoms. The van der Waals surface area contributed by atoms with Gasteiger partial charge in [0.1, 0.15) is 5.75 Å². The van der Waals surface area contributed by atoms with Crippen molar-refractivity contribution in [3.05, 3.63) is 35.9 Å². The number of benzene rings is 1. The topological polar surface area (TPSA) is 9.23 Å². The first-order valence-corrected chi connectivity index (χ1v) is 5.11. The number of ether oxygens (including phenoxy) is 1. The molecule has 0 aliphatic rings. The first-order chi connectivity index (χ1) is 6.81. The summed E-state index contributed by atoms with van der Waals surface area (Å²) in [5.41, 5.74) is 2.38. The quantitative estimate of drug-likeness (QED) is 0.705. The molecule has 1 nitrogen and oxygen atoms in total. The third kappa shape index (κ3) is 3.25. The molecule has 0 bridgehead atoms. The lowest BCUT2D eigenvalue weighted by atomic mass is 10.1. The van der Waals surface area contributed by atoms with Crippen LogP contribution >= 0.6 is 0 Å². The Kier molecular flexibility index (Phi) is 6.55. The Bertz CT molecular complexity index is 277. The van der Waals surface area contributed by atoms with E-state index in [2.05, 4.69) is 25.6 Å². The Morgan fingerprint density at radius 1 is 1.36 bits per heavy atom. The fourth-order valence-electron chi connectivity index (χ4n) is 1.16. The number of rotatable bonds is 3. The summed E-state index contributed by atoms with van der Waals surface area (Å²) in [6, 6.07) is 6.16. The highest BCUT2D eigenvalue weighted by Gasteiger charge is 1.98. The van der Waals surface area contributed by atoms with E-state index in [-0.39, 0.29) is 0 Å². The number of methoxy groups -OCH3 is 1. The van der Waals surface area contributed by atoms with Crippen LogP contribution in [0.15, 0.2) is 24.8 Å². The molecule has 0 aliphatic heterocycles. The Balaban J connectivity index is 0.000000791. The molecule has 1 heteroatoms. The van der Waals surface area contributed by atoms with E-state index in [0.717, 1.165) is 17.7 Å². The first kappa shape index (κ1) is 12.8. The van der Waals surface area contributed by atoms with Crippen LogP contribution in [0.3, 0.4) is 0 Å². The van der Waals surface area contributed by atoms with Crippen LogP contribution in [-0.4, -0.2) is 7.11 Å². The highest BCUT2D eigenvalue weighted by atomic mass is 16.5. The second kappa shape index (κ2) is 7.19. The Hall–Kier alpha value is -1.24. The van der Waals surface area contributed by atoms with Crippen LogP contribution in [-0.2, 0) is 6.42 Å². The highest BCUT2D eigenvalue weighted by Crippen LogP contribution is 2.20. The van der Waals surface area contributed by atoms with E-state index in [0.29, 0.717) is 0 Å². The van der Waals surface area contributed by atoms with Crippen LogP contribution in [0, 0.1) is 0 Å². The van der Waals surface area contributed by atoms with Crippen LogP contribution in [0.25, 0.3) is 6.08 Å². The van der Waals surface area contributed by atoms with Crippen LogP contribution in [0.5, 0.6) is 5.75 Å². The number of hydrogen-bond donors (Lipinski definition) is 0. The smallest absolute Gasteiger partial charge is 0.126 e. The molecule has 1 rings (SSSR count). The summed E-state index contributed by atoms with van der Waals surface area (Å²) in [5.74, 6) is 0.891. The van der Waals surface area contributed by atoms with Gasteiger partial charge < -0.3 is 4.74 Å². The maximum Gasteiger partial charge on any atom is 0.126 e. The summed E-state index contributed by atoms with van der Waals surface area (Å²) in [6.45, 7) is 9.87. The van der Waals surface area contributed by atoms with Crippen molar-refractivity contribution in [2.45, 2.75) is 27.2 Å². The largest absolute Gasteiger partial charge is 0.496 e. The van der Waals surface area contributed by atoms with Crippen LogP contribution in [0.4, 0.5) is 0 Å². The number of aryl methyl sites for hydroxylation is 1. The fourth-order valence-corrected chi connectivity index (χ4v) is 1.16. The van der Waals surface area contributed by atoms with Gasteiger partial charge in [0.25, 0.3) is 0 Å². The van der Waals surface area contributed by atoms with Gasteiger partial charge >= 0.3 is 0 Å². The van der Waals surface area contributed by atoms with E-state index in [9.17, 15) is 0 Å². The zero-order valence-corrected chi connectivity index (χ0v) is 9.63. The summed E-state index contributed by atoms with van der Waals surface area (Å²) >= 11 is 0. The molecule has 1 aromatic carbocycles. The molecule has 0 saturated carbocycles. The molecule has 0 atom stereocenters. The van der Waals surface area contributed by atoms with E-state index < -0.39 is 0 Å². The minimum atomic E-state index is 0.891. The van der Waals surface area contributed by atoms with Gasteiger partial charge in [-0.15, -0.1) is 0 Å². The van der Waals surface area contributed by atoms with Crippen molar-refractivity contribution in [1.29, 1.82) is 0 Å². The molecule has 0 aliphatic carbocycles. The monoisotopic (exact) mass is 192 g/mol. The van der Waals surface area contributed by atoms with E-state index in [1.165, 1.54) is 5.56 Å². The van der Waals surface area contributed by atoms with Crippen molar-refractivity contribution in [2.75, 3.05) is 7.11 Å². The summed E-state index contributed by atoms with van der Waals surface area (Å²) in [6.07, 6.45) is 2.86. The molecule has 14 heavy (non-hydrogen) atoms. The third-order valence-electron chi connectivity index (χ3n) is 1.92. The second-order valence-electron chi connectivity index (χ2n) is 2.63. The summed E-state index contributed by atoms with van der Waals surface area (Å²) < 4.78 is 5.16. The minimum Gasteiger partial charge on any atom is -0.496 e. The number of hydrogen-bond acceptors (Lipinski definition) is 1. The normalized spacial score (nSPS) is 8.57. The lowest BCUT2D eigenvalue weighted by molar-refractivity contribution is 0.413. The maximum atomic E-state index is 5.16. The van der Waals surface area contributed by atoms with Crippen molar-refractivity contribution in [1.82, 2.24) is 0 Å². The first-order valence-electron chi connectivity index (χ1n) is 5.11. The molecule has 0 aromatic heterocycles. The van der Waals surface area contributed by atoms with Gasteiger partial charge in [-0.05, 0) is 24.1 Å². The SMILES string of the molecule is C=Cc1cc(CC)ccc1OC.CC. The van der Waals surface area contributed by atoms with Gasteiger partial charge in [0.05, 0.1) is 7.11 Å². The predicted octanol–water partition coefficient (Wildman–Crippen LogP) is 3.93. The lowest BCUT2D eigenvalue weighted by Gasteiger charge is -2.05. The van der Waals surface area contributed by atoms with Crippen molar-refractivity contribution >= 4 is 6.08 Å². The predicted molar refractivity (Wildman–Crippen MR) is 63.8 cm³/mol. The highest BCUT2D eigenvalue weighted by molar-refractivity contribution is 5.56. The van der Waals surface area contributed by atoms with Crippen LogP contribution in [0.1, 0.15) is 31.9 Å². The zero-order valence-electron chi connectivity index (χ0n) is 9.63. The molecule has 78 valence electrons. The zero-order chi connectivity index (χ0) is 11.0. The van der Waals surface area contributed by atoms with Crippen molar-refractivity contribution in [3.8, 4) is 5.75 Å². The van der Waals surface area contributed by atoms with E-state index in [1.807, 2.05) is 26.0 Å². The Labute approximate surface area is 87.4 Å². The lowest BCUT2D eigenvalue weighted by Crippen LogP contribution is -1.88. The minimum absolute atomic E-state index is 0.891.